The Morgan fingerprint density at radius 2 is 1.41 bits per heavy atom. The maximum Gasteiger partial charge on any atom is 0.417 e. The van der Waals surface area contributed by atoms with E-state index < -0.39 is 36.2 Å². The zero-order valence-electron chi connectivity index (χ0n) is 24.4. The molecular weight excluding hydrogens is 520 g/mol. The average Bonchev–Trinajstić information content (AvgIpc) is 3.28. The molecule has 3 rings (SSSR count). The van der Waals surface area contributed by atoms with Crippen LogP contribution in [0.3, 0.4) is 0 Å². The molecule has 3 amide bonds. The van der Waals surface area contributed by atoms with Gasteiger partial charge in [-0.05, 0) is 24.5 Å². The van der Waals surface area contributed by atoms with E-state index in [2.05, 4.69) is 12.2 Å². The van der Waals surface area contributed by atoms with E-state index in [4.69, 9.17) is 9.47 Å². The van der Waals surface area contributed by atoms with E-state index in [1.165, 1.54) is 32.1 Å². The zero-order valence-corrected chi connectivity index (χ0v) is 24.4. The van der Waals surface area contributed by atoms with Crippen LogP contribution < -0.4 is 5.32 Å². The van der Waals surface area contributed by atoms with E-state index in [-0.39, 0.29) is 25.4 Å². The predicted octanol–water partition coefficient (Wildman–Crippen LogP) is 6.11. The van der Waals surface area contributed by atoms with Crippen LogP contribution in [0.1, 0.15) is 89.2 Å². The average molecular weight is 565 g/mol. The molecule has 0 bridgehead atoms. The van der Waals surface area contributed by atoms with Gasteiger partial charge in [0.2, 0.25) is 5.91 Å². The summed E-state index contributed by atoms with van der Waals surface area (Å²) in [5.74, 6) is -1.68. The maximum atomic E-state index is 13.8. The normalized spacial score (nSPS) is 17.1. The third-order valence-corrected chi connectivity index (χ3v) is 7.33. The van der Waals surface area contributed by atoms with Gasteiger partial charge in [-0.25, -0.2) is 14.5 Å². The minimum absolute atomic E-state index is 0.00202. The lowest BCUT2D eigenvalue weighted by Gasteiger charge is -2.25. The number of nitrogens with one attached hydrogen (secondary N) is 1. The fraction of sp³-hybridized carbons (Fsp3) is 0.515. The van der Waals surface area contributed by atoms with Crippen LogP contribution in [0, 0.1) is 0 Å². The fourth-order valence-corrected chi connectivity index (χ4v) is 5.02. The van der Waals surface area contributed by atoms with Gasteiger partial charge in [0.25, 0.3) is 5.91 Å². The molecule has 2 aromatic rings. The van der Waals surface area contributed by atoms with Gasteiger partial charge in [-0.15, -0.1) is 0 Å². The lowest BCUT2D eigenvalue weighted by atomic mass is 10.0. The lowest BCUT2D eigenvalue weighted by Crippen LogP contribution is -2.55. The summed E-state index contributed by atoms with van der Waals surface area (Å²) in [5, 5.41) is 2.83. The van der Waals surface area contributed by atoms with Crippen molar-refractivity contribution in [2.75, 3.05) is 0 Å². The van der Waals surface area contributed by atoms with Gasteiger partial charge in [-0.3, -0.25) is 9.59 Å². The van der Waals surface area contributed by atoms with Crippen LogP contribution in [0.25, 0.3) is 0 Å². The topological polar surface area (TPSA) is 102 Å². The van der Waals surface area contributed by atoms with E-state index >= 15 is 0 Å². The van der Waals surface area contributed by atoms with Crippen molar-refractivity contribution >= 4 is 23.9 Å². The highest BCUT2D eigenvalue weighted by molar-refractivity contribution is 6.02. The number of ether oxygens (including phenoxy) is 2. The first kappa shape index (κ1) is 31.8. The molecule has 0 unspecified atom stereocenters. The summed E-state index contributed by atoms with van der Waals surface area (Å²) in [4.78, 5) is 53.3. The first-order chi connectivity index (χ1) is 19.9. The molecule has 222 valence electrons. The molecule has 0 spiro atoms. The summed E-state index contributed by atoms with van der Waals surface area (Å²) < 4.78 is 10.7. The van der Waals surface area contributed by atoms with Crippen molar-refractivity contribution in [1.29, 1.82) is 0 Å². The van der Waals surface area contributed by atoms with Crippen molar-refractivity contribution in [2.24, 2.45) is 0 Å². The number of rotatable bonds is 17. The second-order valence-corrected chi connectivity index (χ2v) is 10.7. The molecule has 1 saturated heterocycles. The van der Waals surface area contributed by atoms with Crippen molar-refractivity contribution in [2.45, 2.75) is 109 Å². The number of nitrogens with zero attached hydrogens (tertiary/aromatic N) is 1. The molecular formula is C33H44N2O6. The van der Waals surface area contributed by atoms with Gasteiger partial charge in [-0.2, -0.15) is 0 Å². The van der Waals surface area contributed by atoms with Gasteiger partial charge >= 0.3 is 12.1 Å². The molecule has 1 N–H and O–H groups in total. The minimum Gasteiger partial charge on any atom is -0.459 e. The van der Waals surface area contributed by atoms with Crippen molar-refractivity contribution in [3.8, 4) is 0 Å². The highest BCUT2D eigenvalue weighted by Gasteiger charge is 2.50. The van der Waals surface area contributed by atoms with Crippen LogP contribution in [0.4, 0.5) is 4.79 Å². The SMILES string of the molecule is CCCCCCCCCCCC(=O)N[C@@H](Cc1ccccc1)C(=O)N1C(=O)O[C@@H](C)[C@@H]1C(=O)OCc1ccccc1. The number of carbonyl (C=O) groups is 4. The highest BCUT2D eigenvalue weighted by atomic mass is 16.6. The van der Waals surface area contributed by atoms with Gasteiger partial charge in [-0.1, -0.05) is 119 Å². The molecule has 1 aliphatic heterocycles. The molecule has 8 heteroatoms. The summed E-state index contributed by atoms with van der Waals surface area (Å²) in [6.45, 7) is 3.76. The quantitative estimate of drug-likeness (QED) is 0.184. The number of esters is 1. The number of amides is 3. The molecule has 1 fully saturated rings. The largest absolute Gasteiger partial charge is 0.459 e. The number of carbonyl (C=O) groups excluding carboxylic acids is 4. The lowest BCUT2D eigenvalue weighted by molar-refractivity contribution is -0.154. The first-order valence-corrected chi connectivity index (χ1v) is 15.0. The molecule has 0 aliphatic carbocycles. The number of unbranched alkanes of at least 4 members (excludes halogenated alkanes) is 8. The Balaban J connectivity index is 1.61. The second-order valence-electron chi connectivity index (χ2n) is 10.7. The van der Waals surface area contributed by atoms with Gasteiger partial charge in [0.1, 0.15) is 18.8 Å². The van der Waals surface area contributed by atoms with Crippen LogP contribution in [0.15, 0.2) is 60.7 Å². The second kappa shape index (κ2) is 17.2. The molecule has 0 radical (unpaired) electrons. The van der Waals surface area contributed by atoms with Crippen LogP contribution in [0.5, 0.6) is 0 Å². The molecule has 2 aromatic carbocycles. The molecule has 41 heavy (non-hydrogen) atoms. The molecule has 1 heterocycles. The third kappa shape index (κ3) is 10.3. The number of benzene rings is 2. The van der Waals surface area contributed by atoms with Crippen molar-refractivity contribution < 1.29 is 28.7 Å². The number of imide groups is 1. The Kier molecular flexibility index (Phi) is 13.4. The Morgan fingerprint density at radius 1 is 0.854 bits per heavy atom. The van der Waals surface area contributed by atoms with E-state index in [0.717, 1.165) is 41.7 Å². The summed E-state index contributed by atoms with van der Waals surface area (Å²) in [5.41, 5.74) is 1.60. The molecule has 8 nitrogen and oxygen atoms in total. The van der Waals surface area contributed by atoms with E-state index in [1.54, 1.807) is 6.92 Å². The van der Waals surface area contributed by atoms with Crippen molar-refractivity contribution in [1.82, 2.24) is 10.2 Å². The van der Waals surface area contributed by atoms with E-state index in [1.807, 2.05) is 60.7 Å². The summed E-state index contributed by atoms with van der Waals surface area (Å²) >= 11 is 0. The monoisotopic (exact) mass is 564 g/mol. The Labute approximate surface area is 243 Å². The van der Waals surface area contributed by atoms with Gasteiger partial charge in [0, 0.05) is 12.8 Å². The summed E-state index contributed by atoms with van der Waals surface area (Å²) in [7, 11) is 0. The maximum absolute atomic E-state index is 13.8. The third-order valence-electron chi connectivity index (χ3n) is 7.33. The molecule has 0 saturated carbocycles. The Morgan fingerprint density at radius 3 is 2.02 bits per heavy atom. The molecule has 0 aromatic heterocycles. The standard InChI is InChI=1S/C33H44N2O6/c1-3-4-5-6-7-8-9-10-17-22-29(36)34-28(23-26-18-13-11-14-19-26)31(37)35-30(25(2)41-33(35)39)32(38)40-24-27-20-15-12-16-21-27/h11-16,18-21,25,28,30H,3-10,17,22-24H2,1-2H3,(H,34,36)/t25-,28-,30+/m0/s1. The van der Waals surface area contributed by atoms with Gasteiger partial charge in [0.15, 0.2) is 6.04 Å². The van der Waals surface area contributed by atoms with Gasteiger partial charge in [0.05, 0.1) is 0 Å². The van der Waals surface area contributed by atoms with Crippen molar-refractivity contribution in [3.63, 3.8) is 0 Å². The van der Waals surface area contributed by atoms with Crippen molar-refractivity contribution in [3.05, 3.63) is 71.8 Å². The zero-order chi connectivity index (χ0) is 29.5. The summed E-state index contributed by atoms with van der Waals surface area (Å²) in [6.07, 6.45) is 8.86. The molecule has 3 atom stereocenters. The van der Waals surface area contributed by atoms with Crippen LogP contribution in [-0.4, -0.2) is 47.0 Å². The van der Waals surface area contributed by atoms with Crippen LogP contribution >= 0.6 is 0 Å². The highest BCUT2D eigenvalue weighted by Crippen LogP contribution is 2.23. The first-order valence-electron chi connectivity index (χ1n) is 15.0. The van der Waals surface area contributed by atoms with E-state index in [0.29, 0.717) is 0 Å². The smallest absolute Gasteiger partial charge is 0.417 e. The molecule has 1 aliphatic rings. The van der Waals surface area contributed by atoms with E-state index in [9.17, 15) is 19.2 Å². The predicted molar refractivity (Wildman–Crippen MR) is 157 cm³/mol. The minimum atomic E-state index is -1.24. The number of hydrogen-bond acceptors (Lipinski definition) is 6. The van der Waals surface area contributed by atoms with Gasteiger partial charge < -0.3 is 14.8 Å². The Bertz CT molecular complexity index is 1110. The number of hydrogen-bond donors (Lipinski definition) is 1. The summed E-state index contributed by atoms with van der Waals surface area (Å²) in [6, 6.07) is 16.1. The fourth-order valence-electron chi connectivity index (χ4n) is 5.02. The van der Waals surface area contributed by atoms with Crippen LogP contribution in [-0.2, 0) is 36.9 Å². The van der Waals surface area contributed by atoms with Crippen LogP contribution in [0.2, 0.25) is 0 Å². The number of cyclic esters (lactones) is 1. The Hall–Kier alpha value is -3.68.